The summed E-state index contributed by atoms with van der Waals surface area (Å²) in [6.45, 7) is 1.64. The van der Waals surface area contributed by atoms with Crippen LogP contribution >= 0.6 is 0 Å². The molecule has 6 nitrogen and oxygen atoms in total. The third kappa shape index (κ3) is 4.87. The van der Waals surface area contributed by atoms with E-state index in [0.717, 1.165) is 61.6 Å². The second kappa shape index (κ2) is 9.57. The minimum Gasteiger partial charge on any atom is -0.497 e. The van der Waals surface area contributed by atoms with E-state index >= 15 is 0 Å². The lowest BCUT2D eigenvalue weighted by molar-refractivity contribution is -0.133. The monoisotopic (exact) mass is 404 g/mol. The van der Waals surface area contributed by atoms with Crippen molar-refractivity contribution in [2.75, 3.05) is 20.2 Å². The Morgan fingerprint density at radius 2 is 2.03 bits per heavy atom. The van der Waals surface area contributed by atoms with Gasteiger partial charge < -0.3 is 9.64 Å². The van der Waals surface area contributed by atoms with Crippen molar-refractivity contribution < 1.29 is 9.53 Å². The summed E-state index contributed by atoms with van der Waals surface area (Å²) < 4.78 is 7.32. The van der Waals surface area contributed by atoms with Gasteiger partial charge in [0.25, 0.3) is 0 Å². The number of nitrogens with zero attached hydrogens (tertiary/aromatic N) is 4. The fourth-order valence-corrected chi connectivity index (χ4v) is 4.16. The lowest BCUT2D eigenvalue weighted by Crippen LogP contribution is -2.40. The van der Waals surface area contributed by atoms with Gasteiger partial charge in [0.2, 0.25) is 5.91 Å². The van der Waals surface area contributed by atoms with Gasteiger partial charge in [-0.2, -0.15) is 0 Å². The van der Waals surface area contributed by atoms with Crippen molar-refractivity contribution in [2.45, 2.75) is 32.1 Å². The summed E-state index contributed by atoms with van der Waals surface area (Å²) in [5.74, 6) is 2.43. The molecule has 1 aromatic heterocycles. The van der Waals surface area contributed by atoms with E-state index < -0.39 is 0 Å². The molecule has 1 saturated heterocycles. The minimum absolute atomic E-state index is 0.229. The highest BCUT2D eigenvalue weighted by Crippen LogP contribution is 2.22. The molecule has 1 amide bonds. The number of carbonyl (C=O) groups excluding carboxylic acids is 1. The number of aryl methyl sites for hydroxylation is 1. The smallest absolute Gasteiger partial charge is 0.222 e. The van der Waals surface area contributed by atoms with E-state index in [-0.39, 0.29) is 5.91 Å². The summed E-state index contributed by atoms with van der Waals surface area (Å²) in [6, 6.07) is 18.1. The Balaban J connectivity index is 1.34. The third-order valence-electron chi connectivity index (χ3n) is 5.76. The van der Waals surface area contributed by atoms with Crippen molar-refractivity contribution in [3.63, 3.8) is 0 Å². The first-order valence-corrected chi connectivity index (χ1v) is 10.6. The molecule has 1 aliphatic heterocycles. The quantitative estimate of drug-likeness (QED) is 0.603. The molecule has 6 heteroatoms. The summed E-state index contributed by atoms with van der Waals surface area (Å²) >= 11 is 0. The summed E-state index contributed by atoms with van der Waals surface area (Å²) in [4.78, 5) is 14.8. The zero-order valence-corrected chi connectivity index (χ0v) is 17.4. The predicted molar refractivity (Wildman–Crippen MR) is 116 cm³/mol. The van der Waals surface area contributed by atoms with Gasteiger partial charge in [-0.3, -0.25) is 9.36 Å². The Hall–Kier alpha value is -3.15. The van der Waals surface area contributed by atoms with Gasteiger partial charge in [0.1, 0.15) is 17.9 Å². The number of para-hydroxylation sites is 1. The first kappa shape index (κ1) is 20.1. The molecule has 30 heavy (non-hydrogen) atoms. The van der Waals surface area contributed by atoms with Crippen LogP contribution in [0.15, 0.2) is 60.9 Å². The molecule has 0 bridgehead atoms. The van der Waals surface area contributed by atoms with Crippen molar-refractivity contribution >= 4 is 5.91 Å². The topological polar surface area (TPSA) is 60.2 Å². The molecule has 0 radical (unpaired) electrons. The normalized spacial score (nSPS) is 16.4. The number of aromatic nitrogens is 3. The molecule has 0 saturated carbocycles. The molecule has 156 valence electrons. The van der Waals surface area contributed by atoms with Crippen LogP contribution in [0.25, 0.3) is 5.69 Å². The molecule has 0 N–H and O–H groups in total. The van der Waals surface area contributed by atoms with Crippen LogP contribution in [0.5, 0.6) is 5.75 Å². The standard InChI is InChI=1S/C24H28N4O2/c1-30-22-11-5-7-19(15-22)12-13-24(29)27-14-6-8-20(17-27)16-23-26-25-18-28(23)21-9-3-2-4-10-21/h2-5,7,9-11,15,18,20H,6,8,12-14,16-17H2,1H3. The van der Waals surface area contributed by atoms with Gasteiger partial charge in [0, 0.05) is 31.6 Å². The van der Waals surface area contributed by atoms with E-state index in [2.05, 4.69) is 22.3 Å². The van der Waals surface area contributed by atoms with Crippen LogP contribution in [0.1, 0.15) is 30.7 Å². The van der Waals surface area contributed by atoms with Crippen LogP contribution < -0.4 is 4.74 Å². The van der Waals surface area contributed by atoms with Gasteiger partial charge >= 0.3 is 0 Å². The number of benzene rings is 2. The fraction of sp³-hybridized carbons (Fsp3) is 0.375. The highest BCUT2D eigenvalue weighted by Gasteiger charge is 2.25. The van der Waals surface area contributed by atoms with Crippen LogP contribution in [0.3, 0.4) is 0 Å². The second-order valence-corrected chi connectivity index (χ2v) is 7.86. The lowest BCUT2D eigenvalue weighted by atomic mass is 9.94. The van der Waals surface area contributed by atoms with Crippen molar-refractivity contribution in [3.05, 3.63) is 72.3 Å². The second-order valence-electron chi connectivity index (χ2n) is 7.86. The Morgan fingerprint density at radius 1 is 1.17 bits per heavy atom. The van der Waals surface area contributed by atoms with E-state index in [1.165, 1.54) is 0 Å². The van der Waals surface area contributed by atoms with Gasteiger partial charge in [-0.15, -0.1) is 10.2 Å². The van der Waals surface area contributed by atoms with E-state index in [0.29, 0.717) is 12.3 Å². The van der Waals surface area contributed by atoms with E-state index in [9.17, 15) is 4.79 Å². The summed E-state index contributed by atoms with van der Waals surface area (Å²) in [5.41, 5.74) is 2.20. The number of methoxy groups -OCH3 is 1. The molecule has 0 aliphatic carbocycles. The molecule has 4 rings (SSSR count). The molecular formula is C24H28N4O2. The lowest BCUT2D eigenvalue weighted by Gasteiger charge is -2.32. The number of hydrogen-bond donors (Lipinski definition) is 0. The van der Waals surface area contributed by atoms with Crippen molar-refractivity contribution in [2.24, 2.45) is 5.92 Å². The van der Waals surface area contributed by atoms with E-state index in [1.807, 2.05) is 51.9 Å². The average Bonchev–Trinajstić information content (AvgIpc) is 3.26. The van der Waals surface area contributed by atoms with Crippen LogP contribution in [0, 0.1) is 5.92 Å². The summed E-state index contributed by atoms with van der Waals surface area (Å²) in [5, 5.41) is 8.46. The number of likely N-dealkylation sites (tertiary alicyclic amines) is 1. The van der Waals surface area contributed by atoms with Crippen LogP contribution in [0.2, 0.25) is 0 Å². The Morgan fingerprint density at radius 3 is 2.87 bits per heavy atom. The third-order valence-corrected chi connectivity index (χ3v) is 5.76. The number of rotatable bonds is 7. The molecule has 1 atom stereocenters. The van der Waals surface area contributed by atoms with Gasteiger partial charge in [0.05, 0.1) is 7.11 Å². The van der Waals surface area contributed by atoms with Gasteiger partial charge in [-0.25, -0.2) is 0 Å². The molecule has 1 aliphatic rings. The van der Waals surface area contributed by atoms with Crippen molar-refractivity contribution in [1.82, 2.24) is 19.7 Å². The minimum atomic E-state index is 0.229. The summed E-state index contributed by atoms with van der Waals surface area (Å²) in [7, 11) is 1.66. The maximum atomic E-state index is 12.8. The zero-order valence-electron chi connectivity index (χ0n) is 17.4. The van der Waals surface area contributed by atoms with Crippen molar-refractivity contribution in [1.29, 1.82) is 0 Å². The summed E-state index contributed by atoms with van der Waals surface area (Å²) in [6.07, 6.45) is 6.01. The number of carbonyl (C=O) groups is 1. The Kier molecular flexibility index (Phi) is 6.42. The predicted octanol–water partition coefficient (Wildman–Crippen LogP) is 3.69. The SMILES string of the molecule is COc1cccc(CCC(=O)N2CCCC(Cc3nncn3-c3ccccc3)C2)c1. The number of amides is 1. The average molecular weight is 405 g/mol. The molecular weight excluding hydrogens is 376 g/mol. The molecule has 1 fully saturated rings. The van der Waals surface area contributed by atoms with Crippen molar-refractivity contribution in [3.8, 4) is 11.4 Å². The van der Waals surface area contributed by atoms with Crippen LogP contribution in [-0.2, 0) is 17.6 Å². The van der Waals surface area contributed by atoms with E-state index in [4.69, 9.17) is 4.74 Å². The molecule has 1 unspecified atom stereocenters. The zero-order chi connectivity index (χ0) is 20.8. The maximum Gasteiger partial charge on any atom is 0.222 e. The highest BCUT2D eigenvalue weighted by atomic mass is 16.5. The number of hydrogen-bond acceptors (Lipinski definition) is 4. The maximum absolute atomic E-state index is 12.8. The first-order chi connectivity index (χ1) is 14.7. The molecule has 2 aromatic carbocycles. The van der Waals surface area contributed by atoms with Gasteiger partial charge in [-0.05, 0) is 55.0 Å². The largest absolute Gasteiger partial charge is 0.497 e. The highest BCUT2D eigenvalue weighted by molar-refractivity contribution is 5.76. The van der Waals surface area contributed by atoms with Crippen LogP contribution in [0.4, 0.5) is 0 Å². The van der Waals surface area contributed by atoms with Crippen LogP contribution in [-0.4, -0.2) is 45.8 Å². The first-order valence-electron chi connectivity index (χ1n) is 10.6. The van der Waals surface area contributed by atoms with Gasteiger partial charge in [-0.1, -0.05) is 30.3 Å². The van der Waals surface area contributed by atoms with E-state index in [1.54, 1.807) is 13.4 Å². The number of ether oxygens (including phenoxy) is 1. The Bertz CT molecular complexity index is 970. The molecule has 0 spiro atoms. The molecule has 3 aromatic rings. The molecule has 2 heterocycles. The van der Waals surface area contributed by atoms with Gasteiger partial charge in [0.15, 0.2) is 0 Å². The number of piperidine rings is 1. The fourth-order valence-electron chi connectivity index (χ4n) is 4.16. The Labute approximate surface area is 177 Å².